The lowest BCUT2D eigenvalue weighted by Crippen LogP contribution is -2.40. The van der Waals surface area contributed by atoms with E-state index in [-0.39, 0.29) is 6.54 Å². The summed E-state index contributed by atoms with van der Waals surface area (Å²) in [5, 5.41) is 5.26. The van der Waals surface area contributed by atoms with Crippen molar-refractivity contribution in [1.82, 2.24) is 15.2 Å². The van der Waals surface area contributed by atoms with Gasteiger partial charge in [-0.1, -0.05) is 12.1 Å². The molecule has 3 amide bonds. The van der Waals surface area contributed by atoms with Gasteiger partial charge in [0.1, 0.15) is 16.4 Å². The van der Waals surface area contributed by atoms with Crippen molar-refractivity contribution in [2.45, 2.75) is 25.9 Å². The summed E-state index contributed by atoms with van der Waals surface area (Å²) in [5.41, 5.74) is 0.686. The summed E-state index contributed by atoms with van der Waals surface area (Å²) in [7, 11) is 1.57. The predicted octanol–water partition coefficient (Wildman–Crippen LogP) is 4.32. The van der Waals surface area contributed by atoms with Crippen molar-refractivity contribution in [2.24, 2.45) is 0 Å². The highest BCUT2D eigenvalue weighted by molar-refractivity contribution is 7.13. The Morgan fingerprint density at radius 1 is 1.16 bits per heavy atom. The standard InChI is InChI=1S/C23H22FN3O4S/c1-4-31-18-10-5-14(11-19(18)30-3)20-25-17(13-32-20)12-27-21(28)23(2,26-22(27)29)15-6-8-16(24)9-7-15/h5-11,13H,4,12H2,1-3H3,(H,26,29). The fourth-order valence-electron chi connectivity index (χ4n) is 3.57. The monoisotopic (exact) mass is 455 g/mol. The minimum atomic E-state index is -1.26. The molecule has 1 fully saturated rings. The lowest BCUT2D eigenvalue weighted by Gasteiger charge is -2.22. The highest BCUT2D eigenvalue weighted by Crippen LogP contribution is 2.35. The molecule has 0 radical (unpaired) electrons. The third-order valence-electron chi connectivity index (χ3n) is 5.28. The summed E-state index contributed by atoms with van der Waals surface area (Å²) in [6.07, 6.45) is 0. The number of benzene rings is 2. The molecule has 166 valence electrons. The second-order valence-electron chi connectivity index (χ2n) is 7.40. The minimum absolute atomic E-state index is 0.0338. The van der Waals surface area contributed by atoms with Gasteiger partial charge in [-0.05, 0) is 49.7 Å². The molecule has 9 heteroatoms. The van der Waals surface area contributed by atoms with Crippen LogP contribution in [0, 0.1) is 5.82 Å². The molecule has 1 aliphatic rings. The van der Waals surface area contributed by atoms with E-state index >= 15 is 0 Å². The number of aromatic nitrogens is 1. The Bertz CT molecular complexity index is 1160. The molecule has 1 unspecified atom stereocenters. The maximum absolute atomic E-state index is 13.3. The second-order valence-corrected chi connectivity index (χ2v) is 8.25. The number of ether oxygens (including phenoxy) is 2. The van der Waals surface area contributed by atoms with Crippen molar-refractivity contribution in [3.63, 3.8) is 0 Å². The molecule has 32 heavy (non-hydrogen) atoms. The Kier molecular flexibility index (Phi) is 5.84. The van der Waals surface area contributed by atoms with Gasteiger partial charge in [-0.25, -0.2) is 14.2 Å². The molecule has 0 bridgehead atoms. The van der Waals surface area contributed by atoms with Crippen molar-refractivity contribution in [3.05, 3.63) is 64.9 Å². The van der Waals surface area contributed by atoms with E-state index in [1.165, 1.54) is 35.6 Å². The van der Waals surface area contributed by atoms with Crippen molar-refractivity contribution >= 4 is 23.3 Å². The summed E-state index contributed by atoms with van der Waals surface area (Å²) in [6, 6.07) is 10.6. The van der Waals surface area contributed by atoms with Crippen molar-refractivity contribution in [2.75, 3.05) is 13.7 Å². The molecule has 2 heterocycles. The number of carbonyl (C=O) groups is 2. The normalized spacial score (nSPS) is 18.1. The Labute approximate surface area is 188 Å². The number of hydrogen-bond acceptors (Lipinski definition) is 6. The number of thiazole rings is 1. The lowest BCUT2D eigenvalue weighted by atomic mass is 9.92. The van der Waals surface area contributed by atoms with E-state index in [2.05, 4.69) is 10.3 Å². The van der Waals surface area contributed by atoms with Crippen LogP contribution in [-0.2, 0) is 16.9 Å². The van der Waals surface area contributed by atoms with Crippen LogP contribution < -0.4 is 14.8 Å². The Balaban J connectivity index is 1.54. The number of halogens is 1. The Morgan fingerprint density at radius 2 is 1.91 bits per heavy atom. The van der Waals surface area contributed by atoms with Gasteiger partial charge in [0.25, 0.3) is 5.91 Å². The zero-order chi connectivity index (χ0) is 22.9. The van der Waals surface area contributed by atoms with Crippen molar-refractivity contribution < 1.29 is 23.5 Å². The van der Waals surface area contributed by atoms with E-state index in [4.69, 9.17) is 9.47 Å². The summed E-state index contributed by atoms with van der Waals surface area (Å²) in [5.74, 6) is 0.429. The van der Waals surface area contributed by atoms with Gasteiger partial charge in [0.05, 0.1) is 26.0 Å². The van der Waals surface area contributed by atoms with Crippen molar-refractivity contribution in [3.8, 4) is 22.1 Å². The summed E-state index contributed by atoms with van der Waals surface area (Å²) in [4.78, 5) is 31.4. The number of carbonyl (C=O) groups excluding carboxylic acids is 2. The molecule has 3 aromatic rings. The van der Waals surface area contributed by atoms with Gasteiger partial charge in [0.2, 0.25) is 0 Å². The third kappa shape index (κ3) is 3.91. The van der Waals surface area contributed by atoms with Gasteiger partial charge in [0, 0.05) is 10.9 Å². The number of amides is 3. The van der Waals surface area contributed by atoms with Crippen LogP contribution in [0.25, 0.3) is 10.6 Å². The van der Waals surface area contributed by atoms with Gasteiger partial charge in [-0.3, -0.25) is 9.69 Å². The number of nitrogens with zero attached hydrogens (tertiary/aromatic N) is 2. The van der Waals surface area contributed by atoms with E-state index in [1.54, 1.807) is 14.0 Å². The first-order chi connectivity index (χ1) is 15.4. The zero-order valence-electron chi connectivity index (χ0n) is 17.8. The van der Waals surface area contributed by atoms with Gasteiger partial charge in [-0.15, -0.1) is 11.3 Å². The van der Waals surface area contributed by atoms with Crippen LogP contribution in [0.3, 0.4) is 0 Å². The second kappa shape index (κ2) is 8.58. The zero-order valence-corrected chi connectivity index (χ0v) is 18.7. The minimum Gasteiger partial charge on any atom is -0.493 e. The largest absolute Gasteiger partial charge is 0.493 e. The van der Waals surface area contributed by atoms with Crippen LogP contribution in [0.2, 0.25) is 0 Å². The first-order valence-electron chi connectivity index (χ1n) is 10.0. The number of urea groups is 1. The molecular formula is C23H22FN3O4S. The molecule has 1 saturated heterocycles. The number of nitrogens with one attached hydrogen (secondary N) is 1. The predicted molar refractivity (Wildman–Crippen MR) is 118 cm³/mol. The van der Waals surface area contributed by atoms with E-state index in [0.29, 0.717) is 29.4 Å². The molecule has 1 atom stereocenters. The quantitative estimate of drug-likeness (QED) is 0.537. The van der Waals surface area contributed by atoms with E-state index < -0.39 is 23.3 Å². The first kappa shape index (κ1) is 21.8. The molecule has 1 N–H and O–H groups in total. The SMILES string of the molecule is CCOc1ccc(-c2nc(CN3C(=O)NC(C)(c4ccc(F)cc4)C3=O)cs2)cc1OC. The summed E-state index contributed by atoms with van der Waals surface area (Å²) < 4.78 is 24.2. The molecule has 4 rings (SSSR count). The average molecular weight is 456 g/mol. The van der Waals surface area contributed by atoms with E-state index in [0.717, 1.165) is 15.5 Å². The smallest absolute Gasteiger partial charge is 0.325 e. The summed E-state index contributed by atoms with van der Waals surface area (Å²) in [6.45, 7) is 4.07. The molecule has 1 aliphatic heterocycles. The number of hydrogen-bond donors (Lipinski definition) is 1. The van der Waals surface area contributed by atoms with Crippen molar-refractivity contribution in [1.29, 1.82) is 0 Å². The maximum Gasteiger partial charge on any atom is 0.325 e. The molecule has 0 saturated carbocycles. The van der Waals surface area contributed by atoms with E-state index in [9.17, 15) is 14.0 Å². The van der Waals surface area contributed by atoms with Gasteiger partial charge in [0.15, 0.2) is 11.5 Å². The van der Waals surface area contributed by atoms with E-state index in [1.807, 2.05) is 30.5 Å². The Hall–Kier alpha value is -3.46. The van der Waals surface area contributed by atoms with Crippen LogP contribution in [0.4, 0.5) is 9.18 Å². The van der Waals surface area contributed by atoms with Crippen LogP contribution in [0.5, 0.6) is 11.5 Å². The average Bonchev–Trinajstić information content (AvgIpc) is 3.34. The van der Waals surface area contributed by atoms with Crippen LogP contribution in [0.1, 0.15) is 25.1 Å². The fourth-order valence-corrected chi connectivity index (χ4v) is 4.38. The molecule has 0 aliphatic carbocycles. The highest BCUT2D eigenvalue weighted by Gasteiger charge is 2.49. The molecule has 7 nitrogen and oxygen atoms in total. The summed E-state index contributed by atoms with van der Waals surface area (Å²) >= 11 is 1.41. The molecule has 1 aromatic heterocycles. The molecule has 2 aromatic carbocycles. The molecular weight excluding hydrogens is 433 g/mol. The Morgan fingerprint density at radius 3 is 2.59 bits per heavy atom. The number of methoxy groups -OCH3 is 1. The molecule has 0 spiro atoms. The maximum atomic E-state index is 13.3. The lowest BCUT2D eigenvalue weighted by molar-refractivity contribution is -0.131. The topological polar surface area (TPSA) is 80.8 Å². The first-order valence-corrected chi connectivity index (χ1v) is 10.9. The van der Waals surface area contributed by atoms with Crippen LogP contribution in [0.15, 0.2) is 47.8 Å². The fraction of sp³-hybridized carbons (Fsp3) is 0.261. The van der Waals surface area contributed by atoms with Gasteiger partial charge < -0.3 is 14.8 Å². The van der Waals surface area contributed by atoms with Crippen LogP contribution >= 0.6 is 11.3 Å². The third-order valence-corrected chi connectivity index (χ3v) is 6.22. The van der Waals surface area contributed by atoms with Gasteiger partial charge in [-0.2, -0.15) is 0 Å². The number of imide groups is 1. The number of rotatable bonds is 7. The highest BCUT2D eigenvalue weighted by atomic mass is 32.1. The van der Waals surface area contributed by atoms with Crippen LogP contribution in [-0.4, -0.2) is 35.5 Å². The van der Waals surface area contributed by atoms with Gasteiger partial charge >= 0.3 is 6.03 Å².